The molecule has 2 nitrogen and oxygen atoms in total. The molecule has 0 spiro atoms. The summed E-state index contributed by atoms with van der Waals surface area (Å²) >= 11 is 1.75. The Balaban J connectivity index is 2.10. The van der Waals surface area contributed by atoms with Crippen molar-refractivity contribution in [2.45, 2.75) is 12.5 Å². The maximum Gasteiger partial charge on any atom is 0.123 e. The van der Waals surface area contributed by atoms with E-state index in [-0.39, 0.29) is 11.9 Å². The van der Waals surface area contributed by atoms with Gasteiger partial charge in [-0.05, 0) is 24.2 Å². The second-order valence-corrected chi connectivity index (χ2v) is 4.53. The van der Waals surface area contributed by atoms with Crippen LogP contribution in [0.1, 0.15) is 18.0 Å². The second kappa shape index (κ2) is 4.77. The lowest BCUT2D eigenvalue weighted by Gasteiger charge is -2.04. The van der Waals surface area contributed by atoms with E-state index in [2.05, 4.69) is 4.99 Å². The first-order valence-corrected chi connectivity index (χ1v) is 5.93. The fourth-order valence-electron chi connectivity index (χ4n) is 1.54. The number of nitrogens with zero attached hydrogens (tertiary/aromatic N) is 1. The lowest BCUT2D eigenvalue weighted by molar-refractivity contribution is 0.626. The molecule has 1 unspecified atom stereocenters. The van der Waals surface area contributed by atoms with E-state index in [4.69, 9.17) is 5.73 Å². The van der Waals surface area contributed by atoms with Crippen molar-refractivity contribution in [1.29, 1.82) is 0 Å². The van der Waals surface area contributed by atoms with Gasteiger partial charge in [0.2, 0.25) is 0 Å². The van der Waals surface area contributed by atoms with Crippen LogP contribution in [0.4, 0.5) is 4.39 Å². The van der Waals surface area contributed by atoms with Gasteiger partial charge in [-0.1, -0.05) is 12.1 Å². The predicted molar refractivity (Wildman–Crippen MR) is 62.7 cm³/mol. The molecule has 0 radical (unpaired) electrons. The molecule has 0 aliphatic carbocycles. The fraction of sp³-hybridized carbons (Fsp3) is 0.364. The Labute approximate surface area is 92.8 Å². The Hall–Kier alpha value is -0.870. The molecule has 0 aromatic heterocycles. The van der Waals surface area contributed by atoms with Crippen molar-refractivity contribution >= 4 is 16.8 Å². The molecule has 80 valence electrons. The number of hydrogen-bond donors (Lipinski definition) is 1. The zero-order valence-electron chi connectivity index (χ0n) is 8.32. The van der Waals surface area contributed by atoms with Gasteiger partial charge in [-0.2, -0.15) is 0 Å². The van der Waals surface area contributed by atoms with Gasteiger partial charge in [-0.15, -0.1) is 11.8 Å². The van der Waals surface area contributed by atoms with Crippen LogP contribution in [0, 0.1) is 5.82 Å². The Morgan fingerprint density at radius 2 is 2.13 bits per heavy atom. The molecule has 1 aliphatic rings. The standard InChI is InChI=1S/C11H13FN2S/c12-9-3-1-8(2-4-9)10-7-15-11(14-10)5-6-13/h1-4,10H,5-7,13H2. The lowest BCUT2D eigenvalue weighted by Crippen LogP contribution is -2.03. The van der Waals surface area contributed by atoms with Gasteiger partial charge in [0, 0.05) is 12.2 Å². The minimum Gasteiger partial charge on any atom is -0.330 e. The van der Waals surface area contributed by atoms with Crippen molar-refractivity contribution < 1.29 is 4.39 Å². The van der Waals surface area contributed by atoms with E-state index in [0.717, 1.165) is 22.8 Å². The van der Waals surface area contributed by atoms with E-state index in [9.17, 15) is 4.39 Å². The van der Waals surface area contributed by atoms with Crippen LogP contribution in [0.15, 0.2) is 29.3 Å². The number of halogens is 1. The monoisotopic (exact) mass is 224 g/mol. The molecule has 0 bridgehead atoms. The van der Waals surface area contributed by atoms with Crippen LogP contribution in [-0.2, 0) is 0 Å². The molecule has 2 N–H and O–H groups in total. The number of hydrogen-bond acceptors (Lipinski definition) is 3. The quantitative estimate of drug-likeness (QED) is 0.856. The Bertz CT molecular complexity index is 361. The van der Waals surface area contributed by atoms with Gasteiger partial charge in [0.1, 0.15) is 5.82 Å². The van der Waals surface area contributed by atoms with E-state index in [1.165, 1.54) is 12.1 Å². The van der Waals surface area contributed by atoms with Crippen molar-refractivity contribution in [1.82, 2.24) is 0 Å². The molecule has 2 rings (SSSR count). The van der Waals surface area contributed by atoms with Crippen LogP contribution >= 0.6 is 11.8 Å². The van der Waals surface area contributed by atoms with Crippen molar-refractivity contribution in [2.75, 3.05) is 12.3 Å². The van der Waals surface area contributed by atoms with E-state index < -0.39 is 0 Å². The highest BCUT2D eigenvalue weighted by atomic mass is 32.2. The van der Waals surface area contributed by atoms with E-state index >= 15 is 0 Å². The minimum atomic E-state index is -0.199. The molecule has 0 saturated carbocycles. The van der Waals surface area contributed by atoms with Gasteiger partial charge in [0.05, 0.1) is 11.1 Å². The van der Waals surface area contributed by atoms with Gasteiger partial charge in [-0.3, -0.25) is 4.99 Å². The van der Waals surface area contributed by atoms with Crippen molar-refractivity contribution in [3.05, 3.63) is 35.6 Å². The molecule has 1 heterocycles. The van der Waals surface area contributed by atoms with Gasteiger partial charge < -0.3 is 5.73 Å². The van der Waals surface area contributed by atoms with Crippen molar-refractivity contribution in [3.8, 4) is 0 Å². The lowest BCUT2D eigenvalue weighted by atomic mass is 10.1. The third-order valence-corrected chi connectivity index (χ3v) is 3.45. The molecule has 4 heteroatoms. The second-order valence-electron chi connectivity index (χ2n) is 3.44. The van der Waals surface area contributed by atoms with Crippen molar-refractivity contribution in [3.63, 3.8) is 0 Å². The highest BCUT2D eigenvalue weighted by Gasteiger charge is 2.18. The molecular weight excluding hydrogens is 211 g/mol. The van der Waals surface area contributed by atoms with Gasteiger partial charge in [0.25, 0.3) is 0 Å². The van der Waals surface area contributed by atoms with Gasteiger partial charge in [-0.25, -0.2) is 4.39 Å². The fourth-order valence-corrected chi connectivity index (χ4v) is 2.62. The zero-order valence-corrected chi connectivity index (χ0v) is 9.14. The smallest absolute Gasteiger partial charge is 0.123 e. The van der Waals surface area contributed by atoms with E-state index in [0.29, 0.717) is 6.54 Å². The third-order valence-electron chi connectivity index (χ3n) is 2.32. The number of thioether (sulfide) groups is 1. The first-order valence-electron chi connectivity index (χ1n) is 4.94. The first kappa shape index (κ1) is 10.6. The molecule has 1 aliphatic heterocycles. The number of rotatable bonds is 3. The summed E-state index contributed by atoms with van der Waals surface area (Å²) in [6.45, 7) is 0.641. The topological polar surface area (TPSA) is 38.4 Å². The minimum absolute atomic E-state index is 0.178. The summed E-state index contributed by atoms with van der Waals surface area (Å²) in [4.78, 5) is 4.55. The summed E-state index contributed by atoms with van der Waals surface area (Å²) in [6.07, 6.45) is 0.850. The predicted octanol–water partition coefficient (Wildman–Crippen LogP) is 2.36. The number of aliphatic imine (C=N–C) groups is 1. The highest BCUT2D eigenvalue weighted by molar-refractivity contribution is 8.14. The highest BCUT2D eigenvalue weighted by Crippen LogP contribution is 2.31. The van der Waals surface area contributed by atoms with Crippen LogP contribution in [-0.4, -0.2) is 17.3 Å². The molecular formula is C11H13FN2S. The largest absolute Gasteiger partial charge is 0.330 e. The van der Waals surface area contributed by atoms with Crippen LogP contribution in [0.2, 0.25) is 0 Å². The van der Waals surface area contributed by atoms with Crippen LogP contribution < -0.4 is 5.73 Å². The molecule has 1 atom stereocenters. The number of nitrogens with two attached hydrogens (primary N) is 1. The Morgan fingerprint density at radius 1 is 1.40 bits per heavy atom. The molecule has 0 fully saturated rings. The molecule has 1 aromatic carbocycles. The van der Waals surface area contributed by atoms with Gasteiger partial charge in [0.15, 0.2) is 0 Å². The molecule has 15 heavy (non-hydrogen) atoms. The summed E-state index contributed by atoms with van der Waals surface area (Å²) < 4.78 is 12.7. The summed E-state index contributed by atoms with van der Waals surface area (Å²) in [6, 6.07) is 6.75. The zero-order chi connectivity index (χ0) is 10.7. The van der Waals surface area contributed by atoms with E-state index in [1.54, 1.807) is 23.9 Å². The summed E-state index contributed by atoms with van der Waals surface area (Å²) in [5.41, 5.74) is 6.55. The van der Waals surface area contributed by atoms with Crippen molar-refractivity contribution in [2.24, 2.45) is 10.7 Å². The van der Waals surface area contributed by atoms with Crippen LogP contribution in [0.5, 0.6) is 0 Å². The summed E-state index contributed by atoms with van der Waals surface area (Å²) in [5.74, 6) is 0.747. The van der Waals surface area contributed by atoms with Gasteiger partial charge >= 0.3 is 0 Å². The maximum atomic E-state index is 12.7. The third kappa shape index (κ3) is 2.58. The molecule has 0 saturated heterocycles. The molecule has 0 amide bonds. The Kier molecular flexibility index (Phi) is 3.38. The summed E-state index contributed by atoms with van der Waals surface area (Å²) in [7, 11) is 0. The van der Waals surface area contributed by atoms with Crippen LogP contribution in [0.3, 0.4) is 0 Å². The number of benzene rings is 1. The first-order chi connectivity index (χ1) is 7.29. The average molecular weight is 224 g/mol. The Morgan fingerprint density at radius 3 is 2.80 bits per heavy atom. The SMILES string of the molecule is NCCC1=NC(c2ccc(F)cc2)CS1. The maximum absolute atomic E-state index is 12.7. The van der Waals surface area contributed by atoms with E-state index in [1.807, 2.05) is 0 Å². The normalized spacial score (nSPS) is 20.4. The average Bonchev–Trinajstić information content (AvgIpc) is 2.68. The van der Waals surface area contributed by atoms with Crippen LogP contribution in [0.25, 0.3) is 0 Å². The summed E-state index contributed by atoms with van der Waals surface area (Å²) in [5, 5.41) is 1.12. The molecule has 1 aromatic rings.